The molecule has 0 aliphatic carbocycles. The van der Waals surface area contributed by atoms with Crippen molar-refractivity contribution in [3.05, 3.63) is 77.5 Å². The van der Waals surface area contributed by atoms with E-state index in [1.54, 1.807) is 0 Å². The lowest BCUT2D eigenvalue weighted by Crippen LogP contribution is -2.15. The molecule has 1 aliphatic rings. The van der Waals surface area contributed by atoms with Crippen molar-refractivity contribution >= 4 is 5.70 Å². The van der Waals surface area contributed by atoms with E-state index in [0.29, 0.717) is 0 Å². The van der Waals surface area contributed by atoms with Gasteiger partial charge in [0.15, 0.2) is 0 Å². The Bertz CT molecular complexity index is 588. The molecular formula is C19H23N. The summed E-state index contributed by atoms with van der Waals surface area (Å²) in [5.41, 5.74) is 6.21. The molecule has 1 heterocycles. The van der Waals surface area contributed by atoms with Gasteiger partial charge in [0, 0.05) is 24.0 Å². The minimum absolute atomic E-state index is 0.946. The molecule has 0 spiro atoms. The van der Waals surface area contributed by atoms with Crippen LogP contribution in [0.2, 0.25) is 0 Å². The Morgan fingerprint density at radius 2 is 1.90 bits per heavy atom. The Kier molecular flexibility index (Phi) is 4.62. The van der Waals surface area contributed by atoms with Gasteiger partial charge in [0.05, 0.1) is 0 Å². The summed E-state index contributed by atoms with van der Waals surface area (Å²) in [5.74, 6) is 0. The maximum atomic E-state index is 4.18. The van der Waals surface area contributed by atoms with Crippen LogP contribution in [0.15, 0.2) is 66.4 Å². The van der Waals surface area contributed by atoms with Crippen LogP contribution in [-0.2, 0) is 6.42 Å². The fourth-order valence-electron chi connectivity index (χ4n) is 2.42. The fourth-order valence-corrected chi connectivity index (χ4v) is 2.42. The molecule has 0 aromatic heterocycles. The van der Waals surface area contributed by atoms with Gasteiger partial charge in [-0.25, -0.2) is 0 Å². The van der Waals surface area contributed by atoms with E-state index in [-0.39, 0.29) is 0 Å². The number of allylic oxidation sites excluding steroid dienone is 5. The van der Waals surface area contributed by atoms with Crippen molar-refractivity contribution < 1.29 is 0 Å². The molecule has 20 heavy (non-hydrogen) atoms. The monoisotopic (exact) mass is 265 g/mol. The van der Waals surface area contributed by atoms with Crippen LogP contribution in [0.5, 0.6) is 0 Å². The number of nitrogens with zero attached hydrogens (tertiary/aromatic N) is 1. The van der Waals surface area contributed by atoms with Crippen molar-refractivity contribution in [3.63, 3.8) is 0 Å². The lowest BCUT2D eigenvalue weighted by atomic mass is 10.0. The first kappa shape index (κ1) is 14.4. The summed E-state index contributed by atoms with van der Waals surface area (Å²) in [6, 6.07) is 8.62. The zero-order valence-electron chi connectivity index (χ0n) is 12.7. The molecule has 1 aromatic carbocycles. The van der Waals surface area contributed by atoms with Crippen molar-refractivity contribution in [2.24, 2.45) is 0 Å². The number of likely N-dealkylation sites (N-methyl/N-ethyl adjacent to an activating group) is 1. The molecule has 1 aromatic rings. The second kappa shape index (κ2) is 6.42. The van der Waals surface area contributed by atoms with E-state index in [0.717, 1.165) is 18.5 Å². The van der Waals surface area contributed by atoms with E-state index in [1.165, 1.54) is 22.4 Å². The van der Waals surface area contributed by atoms with Crippen LogP contribution in [0.3, 0.4) is 0 Å². The molecular weight excluding hydrogens is 242 g/mol. The quantitative estimate of drug-likeness (QED) is 0.732. The van der Waals surface area contributed by atoms with Gasteiger partial charge in [-0.1, -0.05) is 61.6 Å². The number of hydrogen-bond acceptors (Lipinski definition) is 1. The normalized spacial score (nSPS) is 22.9. The maximum Gasteiger partial charge on any atom is 0.0446 e. The molecule has 0 atom stereocenters. The van der Waals surface area contributed by atoms with Crippen LogP contribution in [0.25, 0.3) is 5.70 Å². The third-order valence-electron chi connectivity index (χ3n) is 3.76. The van der Waals surface area contributed by atoms with E-state index in [9.17, 15) is 0 Å². The van der Waals surface area contributed by atoms with Crippen LogP contribution in [0.1, 0.15) is 31.4 Å². The molecule has 0 radical (unpaired) electrons. The fraction of sp³-hybridized carbons (Fsp3) is 0.263. The van der Waals surface area contributed by atoms with Gasteiger partial charge in [0.2, 0.25) is 0 Å². The van der Waals surface area contributed by atoms with Crippen molar-refractivity contribution in [2.45, 2.75) is 26.7 Å². The Hall–Kier alpha value is -2.02. The van der Waals surface area contributed by atoms with E-state index in [4.69, 9.17) is 0 Å². The lowest BCUT2D eigenvalue weighted by Gasteiger charge is -2.25. The van der Waals surface area contributed by atoms with E-state index >= 15 is 0 Å². The van der Waals surface area contributed by atoms with Gasteiger partial charge >= 0.3 is 0 Å². The zero-order valence-corrected chi connectivity index (χ0v) is 12.7. The zero-order chi connectivity index (χ0) is 14.5. The standard InChI is InChI=1S/C19H23N/c1-5-17-10-6-7-11-18(17)19-12-8-9-15(2)13-14-16(3)20(19)4/h6-7,9-14H,3,5,8H2,1-2,4H3/b14-13-,15-9-,19-12-. The average molecular weight is 265 g/mol. The Morgan fingerprint density at radius 1 is 1.15 bits per heavy atom. The van der Waals surface area contributed by atoms with Crippen LogP contribution in [0.4, 0.5) is 0 Å². The first-order chi connectivity index (χ1) is 9.63. The highest BCUT2D eigenvalue weighted by Crippen LogP contribution is 2.27. The van der Waals surface area contributed by atoms with Crippen molar-refractivity contribution in [1.29, 1.82) is 0 Å². The second-order valence-electron chi connectivity index (χ2n) is 5.17. The first-order valence-electron chi connectivity index (χ1n) is 7.19. The highest BCUT2D eigenvalue weighted by molar-refractivity contribution is 5.69. The summed E-state index contributed by atoms with van der Waals surface area (Å²) < 4.78 is 0. The second-order valence-corrected chi connectivity index (χ2v) is 5.17. The summed E-state index contributed by atoms with van der Waals surface area (Å²) in [6.07, 6.45) is 10.7. The Morgan fingerprint density at radius 3 is 2.65 bits per heavy atom. The molecule has 104 valence electrons. The topological polar surface area (TPSA) is 3.24 Å². The minimum Gasteiger partial charge on any atom is -0.345 e. The van der Waals surface area contributed by atoms with Gasteiger partial charge in [-0.15, -0.1) is 0 Å². The van der Waals surface area contributed by atoms with Gasteiger partial charge in [0.1, 0.15) is 0 Å². The van der Waals surface area contributed by atoms with E-state index in [1.807, 2.05) is 0 Å². The summed E-state index contributed by atoms with van der Waals surface area (Å²) in [7, 11) is 2.09. The van der Waals surface area contributed by atoms with Crippen LogP contribution < -0.4 is 0 Å². The van der Waals surface area contributed by atoms with Gasteiger partial charge in [-0.2, -0.15) is 0 Å². The molecule has 0 saturated carbocycles. The summed E-state index contributed by atoms with van der Waals surface area (Å²) in [4.78, 5) is 2.18. The maximum absolute atomic E-state index is 4.18. The smallest absolute Gasteiger partial charge is 0.0446 e. The van der Waals surface area contributed by atoms with Crippen molar-refractivity contribution in [3.8, 4) is 0 Å². The van der Waals surface area contributed by atoms with Crippen LogP contribution >= 0.6 is 0 Å². The average Bonchev–Trinajstić information content (AvgIpc) is 2.53. The third-order valence-corrected chi connectivity index (χ3v) is 3.76. The summed E-state index contributed by atoms with van der Waals surface area (Å²) >= 11 is 0. The predicted octanol–water partition coefficient (Wildman–Crippen LogP) is 4.94. The number of benzene rings is 1. The molecule has 0 bridgehead atoms. The summed E-state index contributed by atoms with van der Waals surface area (Å²) in [6.45, 7) is 8.50. The molecule has 1 nitrogen and oxygen atoms in total. The van der Waals surface area contributed by atoms with Crippen molar-refractivity contribution in [2.75, 3.05) is 7.05 Å². The first-order valence-corrected chi connectivity index (χ1v) is 7.19. The highest BCUT2D eigenvalue weighted by Gasteiger charge is 2.12. The lowest BCUT2D eigenvalue weighted by molar-refractivity contribution is 0.617. The number of rotatable bonds is 2. The SMILES string of the molecule is C=C1/C=C\C(C)=C/C/C=C(/c2ccccc2CC)N1C. The summed E-state index contributed by atoms with van der Waals surface area (Å²) in [5, 5.41) is 0. The van der Waals surface area contributed by atoms with Gasteiger partial charge < -0.3 is 4.90 Å². The predicted molar refractivity (Wildman–Crippen MR) is 88.2 cm³/mol. The minimum atomic E-state index is 0.946. The van der Waals surface area contributed by atoms with Gasteiger partial charge in [0.25, 0.3) is 0 Å². The molecule has 0 saturated heterocycles. The van der Waals surface area contributed by atoms with Crippen molar-refractivity contribution in [1.82, 2.24) is 4.90 Å². The third kappa shape index (κ3) is 3.11. The molecule has 2 rings (SSSR count). The molecule has 0 fully saturated rings. The van der Waals surface area contributed by atoms with E-state index < -0.39 is 0 Å². The molecule has 0 N–H and O–H groups in total. The number of hydrogen-bond donors (Lipinski definition) is 0. The Balaban J connectivity index is 2.49. The molecule has 1 aliphatic heterocycles. The molecule has 0 unspecified atom stereocenters. The van der Waals surface area contributed by atoms with Gasteiger partial charge in [-0.3, -0.25) is 0 Å². The largest absolute Gasteiger partial charge is 0.345 e. The van der Waals surface area contributed by atoms with Crippen LogP contribution in [-0.4, -0.2) is 11.9 Å². The highest BCUT2D eigenvalue weighted by atomic mass is 15.1. The van der Waals surface area contributed by atoms with E-state index in [2.05, 4.69) is 80.9 Å². The molecule has 0 amide bonds. The Labute approximate surface area is 122 Å². The van der Waals surface area contributed by atoms with Gasteiger partial charge in [-0.05, 0) is 31.4 Å². The number of aryl methyl sites for hydroxylation is 1. The molecule has 1 heteroatoms. The van der Waals surface area contributed by atoms with Crippen LogP contribution in [0, 0.1) is 0 Å².